The Hall–Kier alpha value is -2.21. The van der Waals surface area contributed by atoms with E-state index in [9.17, 15) is 9.18 Å². The predicted molar refractivity (Wildman–Crippen MR) is 79.9 cm³/mol. The van der Waals surface area contributed by atoms with Gasteiger partial charge in [0.1, 0.15) is 11.4 Å². The molecular weight excluding hydrogens is 285 g/mol. The molecule has 6 heteroatoms. The third-order valence-corrected chi connectivity index (χ3v) is 4.01. The molecule has 5 nitrogen and oxygen atoms in total. The van der Waals surface area contributed by atoms with E-state index in [0.717, 1.165) is 19.6 Å². The molecule has 0 saturated carbocycles. The number of nitrogens with zero attached hydrogens (tertiary/aromatic N) is 3. The molecule has 22 heavy (non-hydrogen) atoms. The van der Waals surface area contributed by atoms with E-state index in [1.165, 1.54) is 18.3 Å². The number of halogens is 1. The number of aromatic nitrogens is 1. The number of carbonyl (C=O) groups excluding carboxylic acids is 1. The van der Waals surface area contributed by atoms with Crippen molar-refractivity contribution < 1.29 is 13.7 Å². The summed E-state index contributed by atoms with van der Waals surface area (Å²) in [5.74, 6) is -0.0221. The van der Waals surface area contributed by atoms with Crippen LogP contribution in [0.15, 0.2) is 35.0 Å². The molecule has 1 aliphatic rings. The molecule has 1 saturated heterocycles. The number of likely N-dealkylation sites (N-methyl/N-ethyl adjacent to an activating group) is 1. The van der Waals surface area contributed by atoms with Crippen LogP contribution < -0.4 is 0 Å². The second-order valence-electron chi connectivity index (χ2n) is 5.30. The largest absolute Gasteiger partial charge is 0.355 e. The van der Waals surface area contributed by atoms with Crippen LogP contribution >= 0.6 is 0 Å². The first-order valence-electron chi connectivity index (χ1n) is 7.41. The Bertz CT molecular complexity index is 646. The molecule has 0 N–H and O–H groups in total. The van der Waals surface area contributed by atoms with E-state index in [-0.39, 0.29) is 11.7 Å². The minimum atomic E-state index is -0.327. The van der Waals surface area contributed by atoms with Crippen molar-refractivity contribution in [3.63, 3.8) is 0 Å². The van der Waals surface area contributed by atoms with Crippen molar-refractivity contribution in [2.24, 2.45) is 0 Å². The van der Waals surface area contributed by atoms with Gasteiger partial charge in [-0.1, -0.05) is 12.1 Å². The van der Waals surface area contributed by atoms with E-state index < -0.39 is 0 Å². The maximum Gasteiger partial charge on any atom is 0.259 e. The number of carbonyl (C=O) groups is 1. The number of amides is 1. The van der Waals surface area contributed by atoms with Gasteiger partial charge in [-0.15, -0.1) is 0 Å². The summed E-state index contributed by atoms with van der Waals surface area (Å²) in [6.45, 7) is 6.25. The third kappa shape index (κ3) is 2.87. The number of benzene rings is 1. The van der Waals surface area contributed by atoms with Crippen LogP contribution in [-0.4, -0.2) is 53.6 Å². The van der Waals surface area contributed by atoms with Gasteiger partial charge < -0.3 is 14.3 Å². The minimum Gasteiger partial charge on any atom is -0.355 e. The van der Waals surface area contributed by atoms with Gasteiger partial charge in [-0.25, -0.2) is 4.39 Å². The van der Waals surface area contributed by atoms with Crippen molar-refractivity contribution in [3.05, 3.63) is 41.8 Å². The molecule has 0 atom stereocenters. The molecule has 116 valence electrons. The lowest BCUT2D eigenvalue weighted by Crippen LogP contribution is -2.48. The Morgan fingerprint density at radius 2 is 1.91 bits per heavy atom. The smallest absolute Gasteiger partial charge is 0.259 e. The van der Waals surface area contributed by atoms with Gasteiger partial charge in [0.15, 0.2) is 5.76 Å². The van der Waals surface area contributed by atoms with Crippen molar-refractivity contribution in [2.75, 3.05) is 32.7 Å². The molecule has 0 aliphatic carbocycles. The maximum absolute atomic E-state index is 13.0. The van der Waals surface area contributed by atoms with Crippen LogP contribution in [0.1, 0.15) is 17.3 Å². The molecule has 0 bridgehead atoms. The van der Waals surface area contributed by atoms with Crippen molar-refractivity contribution >= 4 is 5.91 Å². The van der Waals surface area contributed by atoms with Gasteiger partial charge in [0, 0.05) is 31.7 Å². The molecule has 1 aromatic carbocycles. The van der Waals surface area contributed by atoms with Crippen molar-refractivity contribution in [1.82, 2.24) is 15.0 Å². The van der Waals surface area contributed by atoms with Crippen LogP contribution in [0.25, 0.3) is 11.3 Å². The van der Waals surface area contributed by atoms with Gasteiger partial charge in [-0.2, -0.15) is 0 Å². The van der Waals surface area contributed by atoms with Gasteiger partial charge in [-0.3, -0.25) is 4.79 Å². The average molecular weight is 303 g/mol. The topological polar surface area (TPSA) is 49.6 Å². The van der Waals surface area contributed by atoms with Crippen molar-refractivity contribution in [2.45, 2.75) is 6.92 Å². The molecule has 2 aromatic rings. The third-order valence-electron chi connectivity index (χ3n) is 4.01. The number of piperazine rings is 1. The monoisotopic (exact) mass is 303 g/mol. The molecule has 0 radical (unpaired) electrons. The fraction of sp³-hybridized carbons (Fsp3) is 0.375. The summed E-state index contributed by atoms with van der Waals surface area (Å²) in [4.78, 5) is 16.8. The van der Waals surface area contributed by atoms with Crippen LogP contribution in [0.2, 0.25) is 0 Å². The molecule has 1 amide bonds. The minimum absolute atomic E-state index is 0.0867. The van der Waals surface area contributed by atoms with Crippen molar-refractivity contribution in [3.8, 4) is 11.3 Å². The molecule has 1 aromatic heterocycles. The Morgan fingerprint density at radius 3 is 2.55 bits per heavy atom. The number of rotatable bonds is 3. The zero-order valence-electron chi connectivity index (χ0n) is 12.5. The lowest BCUT2D eigenvalue weighted by Gasteiger charge is -2.33. The van der Waals surface area contributed by atoms with E-state index in [0.29, 0.717) is 30.0 Å². The molecule has 2 heterocycles. The highest BCUT2D eigenvalue weighted by molar-refractivity contribution is 5.99. The highest BCUT2D eigenvalue weighted by Crippen LogP contribution is 2.25. The Labute approximate surface area is 128 Å². The fourth-order valence-electron chi connectivity index (χ4n) is 2.64. The molecule has 3 rings (SSSR count). The van der Waals surface area contributed by atoms with Gasteiger partial charge >= 0.3 is 0 Å². The summed E-state index contributed by atoms with van der Waals surface area (Å²) in [6, 6.07) is 5.85. The van der Waals surface area contributed by atoms with E-state index in [1.807, 2.05) is 4.90 Å². The first-order chi connectivity index (χ1) is 10.7. The quantitative estimate of drug-likeness (QED) is 0.872. The highest BCUT2D eigenvalue weighted by Gasteiger charge is 2.26. The van der Waals surface area contributed by atoms with Gasteiger partial charge in [0.05, 0.1) is 6.20 Å². The number of hydrogen-bond donors (Lipinski definition) is 0. The Balaban J connectivity index is 1.80. The molecule has 1 fully saturated rings. The zero-order chi connectivity index (χ0) is 15.5. The van der Waals surface area contributed by atoms with Crippen LogP contribution in [0, 0.1) is 5.82 Å². The standard InChI is InChI=1S/C16H18FN3O2/c1-2-19-7-9-20(10-8-19)16(21)14-11-18-22-15(14)12-3-5-13(17)6-4-12/h3-6,11H,2,7-10H2,1H3. The molecular formula is C16H18FN3O2. The fourth-order valence-corrected chi connectivity index (χ4v) is 2.64. The zero-order valence-corrected chi connectivity index (χ0v) is 12.5. The van der Waals surface area contributed by atoms with E-state index in [1.54, 1.807) is 12.1 Å². The summed E-state index contributed by atoms with van der Waals surface area (Å²) in [5, 5.41) is 3.74. The van der Waals surface area contributed by atoms with Gasteiger partial charge in [0.2, 0.25) is 0 Å². The molecule has 0 unspecified atom stereocenters. The van der Waals surface area contributed by atoms with E-state index in [2.05, 4.69) is 17.0 Å². The summed E-state index contributed by atoms with van der Waals surface area (Å²) >= 11 is 0. The van der Waals surface area contributed by atoms with Gasteiger partial charge in [-0.05, 0) is 30.8 Å². The summed E-state index contributed by atoms with van der Waals surface area (Å²) in [7, 11) is 0. The Kier molecular flexibility index (Phi) is 4.20. The Morgan fingerprint density at radius 1 is 1.23 bits per heavy atom. The van der Waals surface area contributed by atoms with Gasteiger partial charge in [0.25, 0.3) is 5.91 Å². The van der Waals surface area contributed by atoms with Crippen LogP contribution in [0.5, 0.6) is 0 Å². The van der Waals surface area contributed by atoms with Crippen molar-refractivity contribution in [1.29, 1.82) is 0 Å². The highest BCUT2D eigenvalue weighted by atomic mass is 19.1. The summed E-state index contributed by atoms with van der Waals surface area (Å²) in [5.41, 5.74) is 1.08. The van der Waals surface area contributed by atoms with E-state index >= 15 is 0 Å². The van der Waals surface area contributed by atoms with Crippen LogP contribution in [0.4, 0.5) is 4.39 Å². The summed E-state index contributed by atoms with van der Waals surface area (Å²) < 4.78 is 18.2. The lowest BCUT2D eigenvalue weighted by atomic mass is 10.1. The first kappa shape index (κ1) is 14.7. The van der Waals surface area contributed by atoms with E-state index in [4.69, 9.17) is 4.52 Å². The predicted octanol–water partition coefficient (Wildman–Crippen LogP) is 2.26. The molecule has 1 aliphatic heterocycles. The van der Waals surface area contributed by atoms with Crippen LogP contribution in [-0.2, 0) is 0 Å². The average Bonchev–Trinajstić information content (AvgIpc) is 3.04. The SMILES string of the molecule is CCN1CCN(C(=O)c2cnoc2-c2ccc(F)cc2)CC1. The normalized spacial score (nSPS) is 16.0. The molecule has 0 spiro atoms. The van der Waals surface area contributed by atoms with Crippen LogP contribution in [0.3, 0.4) is 0 Å². The summed E-state index contributed by atoms with van der Waals surface area (Å²) in [6.07, 6.45) is 1.44. The second kappa shape index (κ2) is 6.27. The lowest BCUT2D eigenvalue weighted by molar-refractivity contribution is 0.0643. The maximum atomic E-state index is 13.0. The second-order valence-corrected chi connectivity index (χ2v) is 5.30. The number of hydrogen-bond acceptors (Lipinski definition) is 4. The first-order valence-corrected chi connectivity index (χ1v) is 7.41.